The van der Waals surface area contributed by atoms with Crippen LogP contribution in [0, 0.1) is 5.92 Å². The van der Waals surface area contributed by atoms with Crippen molar-refractivity contribution in [3.05, 3.63) is 30.1 Å². The molecule has 1 aromatic heterocycles. The molecule has 0 amide bonds. The van der Waals surface area contributed by atoms with Crippen molar-refractivity contribution in [2.24, 2.45) is 5.92 Å². The lowest BCUT2D eigenvalue weighted by Crippen LogP contribution is -2.63. The van der Waals surface area contributed by atoms with E-state index in [4.69, 9.17) is 0 Å². The SMILES string of the molecule is CC1CN(Cc2cccnc2)C(C)(C2CC2)CN1. The fraction of sp³-hybridized carbons (Fsp3) is 0.667. The van der Waals surface area contributed by atoms with E-state index in [9.17, 15) is 0 Å². The first-order valence-corrected chi connectivity index (χ1v) is 7.06. The summed E-state index contributed by atoms with van der Waals surface area (Å²) in [5, 5.41) is 3.65. The van der Waals surface area contributed by atoms with Gasteiger partial charge in [0.25, 0.3) is 0 Å². The predicted molar refractivity (Wildman–Crippen MR) is 73.2 cm³/mol. The molecule has 3 rings (SSSR count). The van der Waals surface area contributed by atoms with Gasteiger partial charge >= 0.3 is 0 Å². The van der Waals surface area contributed by atoms with Crippen molar-refractivity contribution in [3.8, 4) is 0 Å². The Kier molecular flexibility index (Phi) is 3.12. The molecule has 0 spiro atoms. The fourth-order valence-corrected chi connectivity index (χ4v) is 3.16. The molecular weight excluding hydrogens is 222 g/mol. The Balaban J connectivity index is 1.77. The smallest absolute Gasteiger partial charge is 0.0338 e. The standard InChI is InChI=1S/C15H23N3/c1-12-9-18(10-13-4-3-7-16-8-13)15(2,11-17-12)14-5-6-14/h3-4,7-8,12,14,17H,5-6,9-11H2,1-2H3. The third-order valence-corrected chi connectivity index (χ3v) is 4.58. The molecule has 2 aliphatic rings. The second kappa shape index (κ2) is 4.63. The third-order valence-electron chi connectivity index (χ3n) is 4.58. The molecule has 3 nitrogen and oxygen atoms in total. The molecule has 1 aliphatic heterocycles. The van der Waals surface area contributed by atoms with Crippen molar-refractivity contribution in [2.75, 3.05) is 13.1 Å². The fourth-order valence-electron chi connectivity index (χ4n) is 3.16. The number of hydrogen-bond donors (Lipinski definition) is 1. The summed E-state index contributed by atoms with van der Waals surface area (Å²) in [6, 6.07) is 4.82. The van der Waals surface area contributed by atoms with Crippen LogP contribution in [0.1, 0.15) is 32.3 Å². The van der Waals surface area contributed by atoms with E-state index in [0.717, 1.165) is 25.6 Å². The van der Waals surface area contributed by atoms with E-state index in [-0.39, 0.29) is 0 Å². The topological polar surface area (TPSA) is 28.2 Å². The van der Waals surface area contributed by atoms with Crippen LogP contribution in [-0.2, 0) is 6.54 Å². The highest BCUT2D eigenvalue weighted by molar-refractivity contribution is 5.12. The van der Waals surface area contributed by atoms with Gasteiger partial charge in [0.15, 0.2) is 0 Å². The highest BCUT2D eigenvalue weighted by atomic mass is 15.3. The Bertz CT molecular complexity index is 401. The summed E-state index contributed by atoms with van der Waals surface area (Å²) in [5.41, 5.74) is 1.67. The average Bonchev–Trinajstić information content (AvgIpc) is 3.20. The van der Waals surface area contributed by atoms with Crippen molar-refractivity contribution in [1.29, 1.82) is 0 Å². The van der Waals surface area contributed by atoms with Gasteiger partial charge in [0.05, 0.1) is 0 Å². The highest BCUT2D eigenvalue weighted by Crippen LogP contribution is 2.44. The molecule has 0 aromatic carbocycles. The van der Waals surface area contributed by atoms with Crippen LogP contribution in [0.4, 0.5) is 0 Å². The zero-order valence-electron chi connectivity index (χ0n) is 11.4. The van der Waals surface area contributed by atoms with Gasteiger partial charge in [-0.3, -0.25) is 9.88 Å². The number of hydrogen-bond acceptors (Lipinski definition) is 3. The molecule has 2 heterocycles. The Morgan fingerprint density at radius 2 is 2.33 bits per heavy atom. The summed E-state index contributed by atoms with van der Waals surface area (Å²) in [6.45, 7) is 8.01. The first-order chi connectivity index (χ1) is 8.68. The summed E-state index contributed by atoms with van der Waals surface area (Å²) in [4.78, 5) is 6.90. The minimum atomic E-state index is 0.336. The molecule has 2 fully saturated rings. The Hall–Kier alpha value is -0.930. The van der Waals surface area contributed by atoms with E-state index in [0.29, 0.717) is 11.6 Å². The molecule has 2 unspecified atom stereocenters. The van der Waals surface area contributed by atoms with Crippen molar-refractivity contribution in [2.45, 2.75) is 44.8 Å². The van der Waals surface area contributed by atoms with E-state index in [1.54, 1.807) is 0 Å². The van der Waals surface area contributed by atoms with Crippen molar-refractivity contribution in [3.63, 3.8) is 0 Å². The molecule has 1 aliphatic carbocycles. The van der Waals surface area contributed by atoms with Crippen molar-refractivity contribution in [1.82, 2.24) is 15.2 Å². The number of aromatic nitrogens is 1. The maximum atomic E-state index is 4.24. The lowest BCUT2D eigenvalue weighted by molar-refractivity contribution is 0.0311. The maximum absolute atomic E-state index is 4.24. The number of nitrogens with one attached hydrogen (secondary N) is 1. The van der Waals surface area contributed by atoms with Gasteiger partial charge in [0.1, 0.15) is 0 Å². The molecule has 0 bridgehead atoms. The van der Waals surface area contributed by atoms with Crippen LogP contribution in [0.15, 0.2) is 24.5 Å². The van der Waals surface area contributed by atoms with Crippen LogP contribution >= 0.6 is 0 Å². The second-order valence-electron chi connectivity index (χ2n) is 6.16. The average molecular weight is 245 g/mol. The van der Waals surface area contributed by atoms with Gasteiger partial charge in [-0.15, -0.1) is 0 Å². The normalized spacial score (nSPS) is 33.6. The molecule has 2 atom stereocenters. The minimum Gasteiger partial charge on any atom is -0.311 e. The number of rotatable bonds is 3. The molecule has 98 valence electrons. The summed E-state index contributed by atoms with van der Waals surface area (Å²) < 4.78 is 0. The number of pyridine rings is 1. The molecular formula is C15H23N3. The zero-order valence-corrected chi connectivity index (χ0v) is 11.4. The van der Waals surface area contributed by atoms with Gasteiger partial charge in [-0.1, -0.05) is 6.07 Å². The van der Waals surface area contributed by atoms with Gasteiger partial charge in [0, 0.05) is 43.6 Å². The van der Waals surface area contributed by atoms with Crippen LogP contribution in [-0.4, -0.2) is 34.6 Å². The van der Waals surface area contributed by atoms with Crippen molar-refractivity contribution < 1.29 is 0 Å². The number of nitrogens with zero attached hydrogens (tertiary/aromatic N) is 2. The van der Waals surface area contributed by atoms with Crippen LogP contribution in [0.25, 0.3) is 0 Å². The van der Waals surface area contributed by atoms with E-state index in [1.165, 1.54) is 18.4 Å². The summed E-state index contributed by atoms with van der Waals surface area (Å²) in [6.07, 6.45) is 6.65. The predicted octanol–water partition coefficient (Wildman–Crippen LogP) is 2.04. The minimum absolute atomic E-state index is 0.336. The van der Waals surface area contributed by atoms with Gasteiger partial charge in [-0.2, -0.15) is 0 Å². The first kappa shape index (κ1) is 12.1. The van der Waals surface area contributed by atoms with Gasteiger partial charge in [0.2, 0.25) is 0 Å². The summed E-state index contributed by atoms with van der Waals surface area (Å²) in [5.74, 6) is 0.883. The summed E-state index contributed by atoms with van der Waals surface area (Å²) in [7, 11) is 0. The monoisotopic (exact) mass is 245 g/mol. The molecule has 1 N–H and O–H groups in total. The molecule has 1 aromatic rings. The van der Waals surface area contributed by atoms with Gasteiger partial charge in [-0.05, 0) is 44.2 Å². The van der Waals surface area contributed by atoms with Crippen LogP contribution in [0.3, 0.4) is 0 Å². The quantitative estimate of drug-likeness (QED) is 0.883. The number of piperazine rings is 1. The van der Waals surface area contributed by atoms with Gasteiger partial charge < -0.3 is 5.32 Å². The molecule has 3 heteroatoms. The van der Waals surface area contributed by atoms with Crippen molar-refractivity contribution >= 4 is 0 Å². The van der Waals surface area contributed by atoms with Crippen LogP contribution in [0.5, 0.6) is 0 Å². The van der Waals surface area contributed by atoms with E-state index in [2.05, 4.69) is 35.1 Å². The second-order valence-corrected chi connectivity index (χ2v) is 6.16. The van der Waals surface area contributed by atoms with E-state index >= 15 is 0 Å². The molecule has 0 radical (unpaired) electrons. The maximum Gasteiger partial charge on any atom is 0.0338 e. The Morgan fingerprint density at radius 1 is 1.50 bits per heavy atom. The summed E-state index contributed by atoms with van der Waals surface area (Å²) >= 11 is 0. The van der Waals surface area contributed by atoms with E-state index < -0.39 is 0 Å². The third kappa shape index (κ3) is 2.29. The Labute approximate surface area is 110 Å². The lowest BCUT2D eigenvalue weighted by Gasteiger charge is -2.48. The molecule has 1 saturated carbocycles. The van der Waals surface area contributed by atoms with Crippen LogP contribution in [0.2, 0.25) is 0 Å². The first-order valence-electron chi connectivity index (χ1n) is 7.06. The highest BCUT2D eigenvalue weighted by Gasteiger charge is 2.47. The molecule has 1 saturated heterocycles. The largest absolute Gasteiger partial charge is 0.311 e. The van der Waals surface area contributed by atoms with Crippen LogP contribution < -0.4 is 5.32 Å². The zero-order chi connectivity index (χ0) is 12.6. The molecule has 18 heavy (non-hydrogen) atoms. The lowest BCUT2D eigenvalue weighted by atomic mass is 9.89. The van der Waals surface area contributed by atoms with Gasteiger partial charge in [-0.25, -0.2) is 0 Å². The van der Waals surface area contributed by atoms with E-state index in [1.807, 2.05) is 18.5 Å². The Morgan fingerprint density at radius 3 is 3.00 bits per heavy atom.